The van der Waals surface area contributed by atoms with Crippen molar-refractivity contribution in [1.29, 1.82) is 0 Å². The first-order valence-corrected chi connectivity index (χ1v) is 5.95. The molecular weight excluding hydrogens is 224 g/mol. The quantitative estimate of drug-likeness (QED) is 0.803. The third-order valence-electron chi connectivity index (χ3n) is 2.38. The van der Waals surface area contributed by atoms with E-state index in [0.29, 0.717) is 0 Å². The summed E-state index contributed by atoms with van der Waals surface area (Å²) in [6.45, 7) is 6.11. The van der Waals surface area contributed by atoms with Crippen molar-refractivity contribution in [3.8, 4) is 0 Å². The van der Waals surface area contributed by atoms with Gasteiger partial charge in [-0.15, -0.1) is 11.6 Å². The summed E-state index contributed by atoms with van der Waals surface area (Å²) in [4.78, 5) is 13.4. The lowest BCUT2D eigenvalue weighted by Gasteiger charge is -2.21. The van der Waals surface area contributed by atoms with E-state index in [2.05, 4.69) is 24.1 Å². The topological polar surface area (TPSA) is 32.3 Å². The van der Waals surface area contributed by atoms with Crippen LogP contribution >= 0.6 is 11.6 Å². The van der Waals surface area contributed by atoms with Crippen LogP contribution in [0.3, 0.4) is 0 Å². The first-order chi connectivity index (χ1) is 7.71. The Labute approximate surface area is 101 Å². The summed E-state index contributed by atoms with van der Waals surface area (Å²) in [5, 5.41) is 2.74. The monoisotopic (exact) mass is 240 g/mol. The van der Waals surface area contributed by atoms with Crippen LogP contribution in [0.5, 0.6) is 0 Å². The van der Waals surface area contributed by atoms with Gasteiger partial charge in [0.25, 0.3) is 0 Å². The molecule has 0 radical (unpaired) electrons. The maximum absolute atomic E-state index is 11.1. The molecule has 0 spiro atoms. The number of nitrogens with one attached hydrogen (secondary N) is 1. The lowest BCUT2D eigenvalue weighted by Crippen LogP contribution is -2.22. The number of nitrogens with zero attached hydrogens (tertiary/aromatic N) is 1. The molecule has 0 heterocycles. The van der Waals surface area contributed by atoms with Gasteiger partial charge in [-0.1, -0.05) is 6.07 Å². The molecule has 1 rings (SSSR count). The number of amides is 1. The van der Waals surface area contributed by atoms with E-state index in [-0.39, 0.29) is 11.8 Å². The lowest BCUT2D eigenvalue weighted by atomic mass is 10.2. The first-order valence-electron chi connectivity index (χ1n) is 5.42. The van der Waals surface area contributed by atoms with E-state index in [4.69, 9.17) is 11.6 Å². The minimum Gasteiger partial charge on any atom is -0.372 e. The van der Waals surface area contributed by atoms with Crippen LogP contribution in [0.1, 0.15) is 13.8 Å². The molecule has 0 saturated heterocycles. The number of rotatable bonds is 5. The lowest BCUT2D eigenvalue weighted by molar-refractivity contribution is -0.113. The Hall–Kier alpha value is -1.22. The second-order valence-corrected chi connectivity index (χ2v) is 3.67. The molecule has 0 fully saturated rings. The fourth-order valence-corrected chi connectivity index (χ4v) is 1.63. The highest BCUT2D eigenvalue weighted by Gasteiger charge is 2.04. The molecule has 0 unspecified atom stereocenters. The molecule has 1 aromatic rings. The van der Waals surface area contributed by atoms with Gasteiger partial charge in [0.2, 0.25) is 5.91 Å². The van der Waals surface area contributed by atoms with Crippen molar-refractivity contribution in [2.45, 2.75) is 13.8 Å². The number of carbonyl (C=O) groups excluding carboxylic acids is 1. The number of hydrogen-bond acceptors (Lipinski definition) is 2. The standard InChI is InChI=1S/C12H17ClN2O/c1-3-15(4-2)11-7-5-6-10(8-11)14-12(16)9-13/h5-8H,3-4,9H2,1-2H3,(H,14,16). The first kappa shape index (κ1) is 12.8. The van der Waals surface area contributed by atoms with Crippen LogP contribution in [-0.4, -0.2) is 24.9 Å². The van der Waals surface area contributed by atoms with Gasteiger partial charge in [-0.05, 0) is 32.0 Å². The number of hydrogen-bond donors (Lipinski definition) is 1. The summed E-state index contributed by atoms with van der Waals surface area (Å²) in [6.07, 6.45) is 0. The molecule has 3 nitrogen and oxygen atoms in total. The van der Waals surface area contributed by atoms with E-state index in [1.54, 1.807) is 0 Å². The van der Waals surface area contributed by atoms with Gasteiger partial charge in [-0.3, -0.25) is 4.79 Å². The summed E-state index contributed by atoms with van der Waals surface area (Å²) >= 11 is 5.44. The zero-order chi connectivity index (χ0) is 12.0. The van der Waals surface area contributed by atoms with Gasteiger partial charge >= 0.3 is 0 Å². The Kier molecular flexibility index (Phi) is 5.12. The van der Waals surface area contributed by atoms with Crippen LogP contribution in [0, 0.1) is 0 Å². The van der Waals surface area contributed by atoms with Gasteiger partial charge in [0.15, 0.2) is 0 Å². The molecule has 1 N–H and O–H groups in total. The van der Waals surface area contributed by atoms with Gasteiger partial charge in [0.1, 0.15) is 5.88 Å². The number of benzene rings is 1. The molecule has 0 bridgehead atoms. The molecule has 1 aromatic carbocycles. The molecule has 4 heteroatoms. The van der Waals surface area contributed by atoms with E-state index in [1.807, 2.05) is 24.3 Å². The minimum absolute atomic E-state index is 0.0184. The Bertz CT molecular complexity index is 351. The van der Waals surface area contributed by atoms with Gasteiger partial charge in [0, 0.05) is 24.5 Å². The molecule has 88 valence electrons. The van der Waals surface area contributed by atoms with Crippen LogP contribution < -0.4 is 10.2 Å². The number of alkyl halides is 1. The maximum atomic E-state index is 11.1. The largest absolute Gasteiger partial charge is 0.372 e. The normalized spacial score (nSPS) is 9.94. The Morgan fingerprint density at radius 1 is 1.38 bits per heavy atom. The summed E-state index contributed by atoms with van der Waals surface area (Å²) in [6, 6.07) is 7.77. The summed E-state index contributed by atoms with van der Waals surface area (Å²) in [7, 11) is 0. The Balaban J connectivity index is 2.81. The van der Waals surface area contributed by atoms with Crippen molar-refractivity contribution in [1.82, 2.24) is 0 Å². The van der Waals surface area contributed by atoms with Gasteiger partial charge in [0.05, 0.1) is 0 Å². The van der Waals surface area contributed by atoms with Crippen LogP contribution in [-0.2, 0) is 4.79 Å². The fourth-order valence-electron chi connectivity index (χ4n) is 1.56. The average molecular weight is 241 g/mol. The summed E-state index contributed by atoms with van der Waals surface area (Å²) in [5.41, 5.74) is 1.90. The molecule has 0 aromatic heterocycles. The maximum Gasteiger partial charge on any atom is 0.239 e. The Morgan fingerprint density at radius 2 is 2.06 bits per heavy atom. The smallest absolute Gasteiger partial charge is 0.239 e. The average Bonchev–Trinajstić information content (AvgIpc) is 2.31. The van der Waals surface area contributed by atoms with E-state index < -0.39 is 0 Å². The van der Waals surface area contributed by atoms with E-state index in [9.17, 15) is 4.79 Å². The van der Waals surface area contributed by atoms with Crippen molar-refractivity contribution in [3.63, 3.8) is 0 Å². The third kappa shape index (κ3) is 3.42. The zero-order valence-corrected chi connectivity index (χ0v) is 10.4. The molecule has 16 heavy (non-hydrogen) atoms. The van der Waals surface area contributed by atoms with Crippen LogP contribution in [0.25, 0.3) is 0 Å². The van der Waals surface area contributed by atoms with Crippen molar-refractivity contribution >= 4 is 28.9 Å². The predicted octanol–water partition coefficient (Wildman–Crippen LogP) is 2.71. The molecule has 1 amide bonds. The molecule has 0 atom stereocenters. The molecule has 0 saturated carbocycles. The van der Waals surface area contributed by atoms with Crippen molar-refractivity contribution in [2.75, 3.05) is 29.2 Å². The van der Waals surface area contributed by atoms with Gasteiger partial charge in [-0.2, -0.15) is 0 Å². The number of halogens is 1. The van der Waals surface area contributed by atoms with Crippen LogP contribution in [0.2, 0.25) is 0 Å². The SMILES string of the molecule is CCN(CC)c1cccc(NC(=O)CCl)c1. The van der Waals surface area contributed by atoms with Crippen LogP contribution in [0.4, 0.5) is 11.4 Å². The molecule has 0 aliphatic heterocycles. The number of anilines is 2. The highest BCUT2D eigenvalue weighted by atomic mass is 35.5. The van der Waals surface area contributed by atoms with Crippen molar-refractivity contribution in [2.24, 2.45) is 0 Å². The molecular formula is C12H17ClN2O. The van der Waals surface area contributed by atoms with E-state index in [0.717, 1.165) is 24.5 Å². The summed E-state index contributed by atoms with van der Waals surface area (Å²) in [5.74, 6) is -0.200. The zero-order valence-electron chi connectivity index (χ0n) is 9.66. The summed E-state index contributed by atoms with van der Waals surface area (Å²) < 4.78 is 0. The Morgan fingerprint density at radius 3 is 2.62 bits per heavy atom. The predicted molar refractivity (Wildman–Crippen MR) is 69.4 cm³/mol. The minimum atomic E-state index is -0.182. The van der Waals surface area contributed by atoms with Gasteiger partial charge in [-0.25, -0.2) is 0 Å². The van der Waals surface area contributed by atoms with E-state index >= 15 is 0 Å². The molecule has 0 aliphatic carbocycles. The second kappa shape index (κ2) is 6.38. The highest BCUT2D eigenvalue weighted by Crippen LogP contribution is 2.19. The molecule has 0 aliphatic rings. The fraction of sp³-hybridized carbons (Fsp3) is 0.417. The van der Waals surface area contributed by atoms with E-state index in [1.165, 1.54) is 0 Å². The third-order valence-corrected chi connectivity index (χ3v) is 2.62. The van der Waals surface area contributed by atoms with Crippen molar-refractivity contribution in [3.05, 3.63) is 24.3 Å². The van der Waals surface area contributed by atoms with Crippen molar-refractivity contribution < 1.29 is 4.79 Å². The second-order valence-electron chi connectivity index (χ2n) is 3.40. The highest BCUT2D eigenvalue weighted by molar-refractivity contribution is 6.29. The number of carbonyl (C=O) groups is 1. The van der Waals surface area contributed by atoms with Crippen LogP contribution in [0.15, 0.2) is 24.3 Å². The van der Waals surface area contributed by atoms with Gasteiger partial charge < -0.3 is 10.2 Å².